The summed E-state index contributed by atoms with van der Waals surface area (Å²) in [5.41, 5.74) is 8.18. The lowest BCUT2D eigenvalue weighted by Crippen LogP contribution is -2.14. The van der Waals surface area contributed by atoms with Crippen LogP contribution in [0.5, 0.6) is 5.75 Å². The van der Waals surface area contributed by atoms with Crippen molar-refractivity contribution in [2.45, 2.75) is 13.0 Å². The van der Waals surface area contributed by atoms with E-state index in [1.807, 2.05) is 13.0 Å². The van der Waals surface area contributed by atoms with Gasteiger partial charge in [-0.05, 0) is 30.7 Å². The number of methoxy groups -OCH3 is 1. The molecule has 0 saturated carbocycles. The highest BCUT2D eigenvalue weighted by Gasteiger charge is 2.16. The summed E-state index contributed by atoms with van der Waals surface area (Å²) in [5.74, 6) is -0.212. The van der Waals surface area contributed by atoms with Crippen molar-refractivity contribution >= 4 is 0 Å². The molecule has 2 rings (SSSR count). The number of nitrogens with zero attached hydrogens (tertiary/aromatic N) is 1. The molecular formula is C14H15FN2O. The molecule has 0 fully saturated rings. The van der Waals surface area contributed by atoms with Crippen LogP contribution in [0.2, 0.25) is 0 Å². The number of halogens is 1. The van der Waals surface area contributed by atoms with E-state index in [1.165, 1.54) is 7.11 Å². The molecule has 0 spiro atoms. The molecule has 94 valence electrons. The molecule has 4 heteroatoms. The number of nitrogens with two attached hydrogens (primary N) is 1. The fraction of sp³-hybridized carbons (Fsp3) is 0.214. The quantitative estimate of drug-likeness (QED) is 0.905. The van der Waals surface area contributed by atoms with Gasteiger partial charge in [0.15, 0.2) is 11.6 Å². The van der Waals surface area contributed by atoms with Gasteiger partial charge in [-0.2, -0.15) is 0 Å². The van der Waals surface area contributed by atoms with Gasteiger partial charge in [-0.1, -0.05) is 12.1 Å². The maximum absolute atomic E-state index is 14.1. The van der Waals surface area contributed by atoms with Gasteiger partial charge in [0.05, 0.1) is 13.2 Å². The highest BCUT2D eigenvalue weighted by Crippen LogP contribution is 2.27. The largest absolute Gasteiger partial charge is 0.494 e. The van der Waals surface area contributed by atoms with Gasteiger partial charge in [-0.3, -0.25) is 4.98 Å². The molecule has 0 saturated heterocycles. The normalized spacial score (nSPS) is 12.2. The summed E-state index contributed by atoms with van der Waals surface area (Å²) >= 11 is 0. The van der Waals surface area contributed by atoms with Gasteiger partial charge >= 0.3 is 0 Å². The summed E-state index contributed by atoms with van der Waals surface area (Å²) in [6.07, 6.45) is 1.67. The minimum absolute atomic E-state index is 0.203. The van der Waals surface area contributed by atoms with E-state index in [0.29, 0.717) is 5.56 Å². The zero-order valence-corrected chi connectivity index (χ0v) is 10.4. The first-order valence-electron chi connectivity index (χ1n) is 5.64. The molecule has 1 aromatic heterocycles. The van der Waals surface area contributed by atoms with Crippen molar-refractivity contribution in [2.75, 3.05) is 7.11 Å². The summed E-state index contributed by atoms with van der Waals surface area (Å²) in [7, 11) is 1.43. The highest BCUT2D eigenvalue weighted by molar-refractivity contribution is 5.38. The lowest BCUT2D eigenvalue weighted by molar-refractivity contribution is 0.383. The van der Waals surface area contributed by atoms with E-state index in [-0.39, 0.29) is 5.75 Å². The smallest absolute Gasteiger partial charge is 0.170 e. The number of hydrogen-bond acceptors (Lipinski definition) is 3. The van der Waals surface area contributed by atoms with Gasteiger partial charge in [0, 0.05) is 17.5 Å². The van der Waals surface area contributed by atoms with E-state index < -0.39 is 11.9 Å². The van der Waals surface area contributed by atoms with Gasteiger partial charge in [0.2, 0.25) is 0 Å². The zero-order chi connectivity index (χ0) is 13.1. The van der Waals surface area contributed by atoms with E-state index in [9.17, 15) is 4.39 Å². The van der Waals surface area contributed by atoms with Crippen molar-refractivity contribution < 1.29 is 9.13 Å². The van der Waals surface area contributed by atoms with Crippen LogP contribution in [0.3, 0.4) is 0 Å². The van der Waals surface area contributed by atoms with Crippen LogP contribution in [0.15, 0.2) is 36.5 Å². The molecular weight excluding hydrogens is 231 g/mol. The van der Waals surface area contributed by atoms with Crippen LogP contribution in [0, 0.1) is 12.7 Å². The van der Waals surface area contributed by atoms with Gasteiger partial charge in [-0.15, -0.1) is 0 Å². The van der Waals surface area contributed by atoms with Gasteiger partial charge in [0.25, 0.3) is 0 Å². The Bertz CT molecular complexity index is 557. The molecule has 3 nitrogen and oxygen atoms in total. The summed E-state index contributed by atoms with van der Waals surface area (Å²) in [5, 5.41) is 0. The van der Waals surface area contributed by atoms with Crippen LogP contribution >= 0.6 is 0 Å². The number of hydrogen-bond donors (Lipinski definition) is 1. The molecule has 18 heavy (non-hydrogen) atoms. The predicted molar refractivity (Wildman–Crippen MR) is 68.0 cm³/mol. The molecule has 1 heterocycles. The van der Waals surface area contributed by atoms with Gasteiger partial charge in [-0.25, -0.2) is 4.39 Å². The van der Waals surface area contributed by atoms with E-state index in [4.69, 9.17) is 10.5 Å². The molecule has 1 aromatic carbocycles. The first-order valence-corrected chi connectivity index (χ1v) is 5.64. The maximum Gasteiger partial charge on any atom is 0.170 e. The molecule has 0 radical (unpaired) electrons. The second-order valence-corrected chi connectivity index (χ2v) is 4.07. The van der Waals surface area contributed by atoms with E-state index in [1.54, 1.807) is 30.5 Å². The lowest BCUT2D eigenvalue weighted by Gasteiger charge is -2.15. The number of pyridine rings is 1. The summed E-state index contributed by atoms with van der Waals surface area (Å²) < 4.78 is 19.0. The molecule has 0 amide bonds. The minimum atomic E-state index is -0.526. The Kier molecular flexibility index (Phi) is 3.58. The van der Waals surface area contributed by atoms with Crippen LogP contribution in [-0.2, 0) is 0 Å². The summed E-state index contributed by atoms with van der Waals surface area (Å²) in [6, 6.07) is 8.08. The van der Waals surface area contributed by atoms with Crippen molar-refractivity contribution in [3.8, 4) is 5.75 Å². The number of aryl methyl sites for hydroxylation is 1. The molecule has 0 aliphatic heterocycles. The van der Waals surface area contributed by atoms with Crippen molar-refractivity contribution in [2.24, 2.45) is 5.73 Å². The number of rotatable bonds is 3. The first kappa shape index (κ1) is 12.5. The number of benzene rings is 1. The zero-order valence-electron chi connectivity index (χ0n) is 10.4. The van der Waals surface area contributed by atoms with E-state index in [0.717, 1.165) is 11.3 Å². The maximum atomic E-state index is 14.1. The minimum Gasteiger partial charge on any atom is -0.494 e. The Balaban J connectivity index is 2.43. The van der Waals surface area contributed by atoms with Crippen LogP contribution in [0.4, 0.5) is 4.39 Å². The third-order valence-electron chi connectivity index (χ3n) is 2.83. The summed E-state index contributed by atoms with van der Waals surface area (Å²) in [4.78, 5) is 4.10. The van der Waals surface area contributed by atoms with Crippen LogP contribution in [0.25, 0.3) is 0 Å². The Morgan fingerprint density at radius 1 is 1.33 bits per heavy atom. The first-order chi connectivity index (χ1) is 8.63. The highest BCUT2D eigenvalue weighted by atomic mass is 19.1. The monoisotopic (exact) mass is 246 g/mol. The fourth-order valence-electron chi connectivity index (χ4n) is 1.87. The molecule has 2 aromatic rings. The molecule has 2 N–H and O–H groups in total. The standard InChI is InChI=1S/C14H15FN2O/c1-9-8-10(6-7-17-9)14(16)11-4-3-5-12(18-2)13(11)15/h3-8,14H,16H2,1-2H3. The van der Waals surface area contributed by atoms with E-state index >= 15 is 0 Å². The van der Waals surface area contributed by atoms with Crippen LogP contribution in [-0.4, -0.2) is 12.1 Å². The van der Waals surface area contributed by atoms with E-state index in [2.05, 4.69) is 4.98 Å². The second kappa shape index (κ2) is 5.14. The molecule has 0 bridgehead atoms. The summed E-state index contributed by atoms with van der Waals surface area (Å²) in [6.45, 7) is 1.87. The van der Waals surface area contributed by atoms with Crippen molar-refractivity contribution in [1.82, 2.24) is 4.98 Å². The number of ether oxygens (including phenoxy) is 1. The molecule has 1 unspecified atom stereocenters. The third-order valence-corrected chi connectivity index (χ3v) is 2.83. The Labute approximate surface area is 105 Å². The van der Waals surface area contributed by atoms with Crippen LogP contribution in [0.1, 0.15) is 22.9 Å². The van der Waals surface area contributed by atoms with Gasteiger partial charge < -0.3 is 10.5 Å². The third kappa shape index (κ3) is 2.33. The van der Waals surface area contributed by atoms with Crippen LogP contribution < -0.4 is 10.5 Å². The Morgan fingerprint density at radius 3 is 2.78 bits per heavy atom. The Morgan fingerprint density at radius 2 is 2.11 bits per heavy atom. The molecule has 0 aliphatic carbocycles. The fourth-order valence-corrected chi connectivity index (χ4v) is 1.87. The average Bonchev–Trinajstić information content (AvgIpc) is 2.38. The topological polar surface area (TPSA) is 48.1 Å². The van der Waals surface area contributed by atoms with Gasteiger partial charge in [0.1, 0.15) is 0 Å². The van der Waals surface area contributed by atoms with Crippen molar-refractivity contribution in [3.05, 3.63) is 59.2 Å². The van der Waals surface area contributed by atoms with Crippen molar-refractivity contribution in [1.29, 1.82) is 0 Å². The molecule has 1 atom stereocenters. The SMILES string of the molecule is COc1cccc(C(N)c2ccnc(C)c2)c1F. The van der Waals surface area contributed by atoms with Crippen molar-refractivity contribution in [3.63, 3.8) is 0 Å². The number of aromatic nitrogens is 1. The average molecular weight is 246 g/mol. The second-order valence-electron chi connectivity index (χ2n) is 4.07. The Hall–Kier alpha value is -1.94. The predicted octanol–water partition coefficient (Wildman–Crippen LogP) is 2.59. The lowest BCUT2D eigenvalue weighted by atomic mass is 9.99. The molecule has 0 aliphatic rings.